The van der Waals surface area contributed by atoms with E-state index in [-0.39, 0.29) is 40.2 Å². The number of rotatable bonds is 9. The molecule has 1 amide bonds. The Labute approximate surface area is 159 Å². The number of sulfonamides is 1. The van der Waals surface area contributed by atoms with E-state index in [9.17, 15) is 13.2 Å². The summed E-state index contributed by atoms with van der Waals surface area (Å²) in [7, 11) is -3.63. The summed E-state index contributed by atoms with van der Waals surface area (Å²) >= 11 is 6.09. The summed E-state index contributed by atoms with van der Waals surface area (Å²) in [5, 5.41) is 2.87. The molecule has 0 radical (unpaired) electrons. The summed E-state index contributed by atoms with van der Waals surface area (Å²) in [5.41, 5.74) is 0. The first kappa shape index (κ1) is 21.0. The number of nitrogens with one attached hydrogen (secondary N) is 2. The maximum Gasteiger partial charge on any atom is 0.258 e. The van der Waals surface area contributed by atoms with Crippen LogP contribution in [0, 0.1) is 5.92 Å². The van der Waals surface area contributed by atoms with E-state index in [2.05, 4.69) is 10.0 Å². The van der Waals surface area contributed by atoms with Gasteiger partial charge in [0.1, 0.15) is 5.75 Å². The fraction of sp³-hybridized carbons (Fsp3) is 0.588. The van der Waals surface area contributed by atoms with Gasteiger partial charge in [0.25, 0.3) is 5.91 Å². The Morgan fingerprint density at radius 2 is 2.19 bits per heavy atom. The van der Waals surface area contributed by atoms with Crippen LogP contribution in [0.3, 0.4) is 0 Å². The molecule has 26 heavy (non-hydrogen) atoms. The smallest absolute Gasteiger partial charge is 0.258 e. The van der Waals surface area contributed by atoms with E-state index in [1.807, 2.05) is 13.8 Å². The van der Waals surface area contributed by atoms with Crippen LogP contribution in [0.1, 0.15) is 26.7 Å². The molecule has 1 aromatic rings. The van der Waals surface area contributed by atoms with Crippen molar-refractivity contribution in [3.05, 3.63) is 23.2 Å². The Morgan fingerprint density at radius 3 is 2.81 bits per heavy atom. The third-order valence-corrected chi connectivity index (χ3v) is 5.52. The van der Waals surface area contributed by atoms with Gasteiger partial charge in [0, 0.05) is 19.7 Å². The second-order valence-corrected chi connectivity index (χ2v) is 8.74. The van der Waals surface area contributed by atoms with Gasteiger partial charge in [0.15, 0.2) is 6.61 Å². The van der Waals surface area contributed by atoms with E-state index < -0.39 is 10.0 Å². The Hall–Kier alpha value is -1.35. The average molecular weight is 405 g/mol. The first-order valence-corrected chi connectivity index (χ1v) is 10.4. The van der Waals surface area contributed by atoms with Crippen LogP contribution in [-0.2, 0) is 19.6 Å². The molecule has 0 spiro atoms. The maximum atomic E-state index is 12.2. The summed E-state index contributed by atoms with van der Waals surface area (Å²) in [6, 6.07) is 4.15. The predicted octanol–water partition coefficient (Wildman–Crippen LogP) is 1.95. The topological polar surface area (TPSA) is 93.7 Å². The number of halogens is 1. The second-order valence-electron chi connectivity index (χ2n) is 6.57. The van der Waals surface area contributed by atoms with Gasteiger partial charge in [-0.25, -0.2) is 13.1 Å². The van der Waals surface area contributed by atoms with Crippen molar-refractivity contribution in [2.45, 2.75) is 37.7 Å². The molecule has 1 atom stereocenters. The Balaban J connectivity index is 1.87. The van der Waals surface area contributed by atoms with Gasteiger partial charge in [-0.2, -0.15) is 0 Å². The van der Waals surface area contributed by atoms with Crippen LogP contribution in [-0.4, -0.2) is 46.7 Å². The van der Waals surface area contributed by atoms with Crippen LogP contribution in [0.15, 0.2) is 23.1 Å². The van der Waals surface area contributed by atoms with Crippen molar-refractivity contribution in [1.82, 2.24) is 10.0 Å². The number of hydrogen-bond acceptors (Lipinski definition) is 5. The molecule has 1 saturated heterocycles. The third-order valence-electron chi connectivity index (χ3n) is 3.80. The molecule has 1 aliphatic heterocycles. The molecule has 2 N–H and O–H groups in total. The van der Waals surface area contributed by atoms with Crippen molar-refractivity contribution < 1.29 is 22.7 Å². The third kappa shape index (κ3) is 6.42. The standard InChI is InChI=1S/C17H25ClN2O5S/c1-12(2)9-20-26(22,23)14-5-6-16(15(18)8-14)25-11-17(21)19-10-13-4-3-7-24-13/h5-6,8,12-13,20H,3-4,7,9-11H2,1-2H3,(H,19,21)/t13-/m1/s1. The van der Waals surface area contributed by atoms with Gasteiger partial charge in [0.2, 0.25) is 10.0 Å². The predicted molar refractivity (Wildman–Crippen MR) is 99.0 cm³/mol. The van der Waals surface area contributed by atoms with E-state index in [1.165, 1.54) is 18.2 Å². The molecule has 146 valence electrons. The molecule has 0 aliphatic carbocycles. The fourth-order valence-electron chi connectivity index (χ4n) is 2.35. The largest absolute Gasteiger partial charge is 0.482 e. The van der Waals surface area contributed by atoms with Gasteiger partial charge in [-0.05, 0) is 37.0 Å². The van der Waals surface area contributed by atoms with Crippen LogP contribution in [0.2, 0.25) is 5.02 Å². The van der Waals surface area contributed by atoms with Crippen molar-refractivity contribution >= 4 is 27.5 Å². The van der Waals surface area contributed by atoms with Crippen LogP contribution < -0.4 is 14.8 Å². The molecule has 2 rings (SSSR count). The molecule has 0 bridgehead atoms. The first-order chi connectivity index (χ1) is 12.3. The van der Waals surface area contributed by atoms with E-state index >= 15 is 0 Å². The van der Waals surface area contributed by atoms with E-state index in [0.29, 0.717) is 13.1 Å². The van der Waals surface area contributed by atoms with Crippen molar-refractivity contribution in [1.29, 1.82) is 0 Å². The van der Waals surface area contributed by atoms with Crippen molar-refractivity contribution in [3.8, 4) is 5.75 Å². The lowest BCUT2D eigenvalue weighted by Gasteiger charge is -2.13. The summed E-state index contributed by atoms with van der Waals surface area (Å²) < 4.78 is 37.7. The SMILES string of the molecule is CC(C)CNS(=O)(=O)c1ccc(OCC(=O)NC[C@H]2CCCO2)c(Cl)c1. The summed E-state index contributed by atoms with van der Waals surface area (Å²) in [4.78, 5) is 11.9. The molecule has 7 nitrogen and oxygen atoms in total. The zero-order valence-corrected chi connectivity index (χ0v) is 16.5. The van der Waals surface area contributed by atoms with Crippen molar-refractivity contribution in [3.63, 3.8) is 0 Å². The minimum atomic E-state index is -3.63. The lowest BCUT2D eigenvalue weighted by molar-refractivity contribution is -0.123. The number of ether oxygens (including phenoxy) is 2. The number of hydrogen-bond donors (Lipinski definition) is 2. The molecule has 0 aromatic heterocycles. The molecular formula is C17H25ClN2O5S. The second kappa shape index (κ2) is 9.55. The summed E-state index contributed by atoms with van der Waals surface area (Å²) in [6.07, 6.45) is 2.01. The lowest BCUT2D eigenvalue weighted by Crippen LogP contribution is -2.35. The number of benzene rings is 1. The fourth-order valence-corrected chi connectivity index (χ4v) is 3.89. The van der Waals surface area contributed by atoms with Crippen molar-refractivity contribution in [2.24, 2.45) is 5.92 Å². The highest BCUT2D eigenvalue weighted by Crippen LogP contribution is 2.27. The molecule has 1 aromatic carbocycles. The molecular weight excluding hydrogens is 380 g/mol. The Bertz CT molecular complexity index is 718. The Kier molecular flexibility index (Phi) is 7.69. The van der Waals surface area contributed by atoms with Gasteiger partial charge in [-0.1, -0.05) is 25.4 Å². The maximum absolute atomic E-state index is 12.2. The van der Waals surface area contributed by atoms with Crippen LogP contribution >= 0.6 is 11.6 Å². The zero-order valence-electron chi connectivity index (χ0n) is 15.0. The zero-order chi connectivity index (χ0) is 19.2. The van der Waals surface area contributed by atoms with Gasteiger partial charge < -0.3 is 14.8 Å². The lowest BCUT2D eigenvalue weighted by atomic mass is 10.2. The summed E-state index contributed by atoms with van der Waals surface area (Å²) in [6.45, 7) is 5.14. The molecule has 0 unspecified atom stereocenters. The number of amides is 1. The van der Waals surface area contributed by atoms with Crippen LogP contribution in [0.4, 0.5) is 0 Å². The van der Waals surface area contributed by atoms with E-state index in [4.69, 9.17) is 21.1 Å². The normalized spacial score (nSPS) is 17.5. The van der Waals surface area contributed by atoms with Crippen molar-refractivity contribution in [2.75, 3.05) is 26.3 Å². The molecule has 1 aliphatic rings. The average Bonchev–Trinajstić information content (AvgIpc) is 3.10. The molecule has 1 fully saturated rings. The highest BCUT2D eigenvalue weighted by atomic mass is 35.5. The molecule has 0 saturated carbocycles. The van der Waals surface area contributed by atoms with Crippen LogP contribution in [0.25, 0.3) is 0 Å². The minimum absolute atomic E-state index is 0.0540. The highest BCUT2D eigenvalue weighted by Gasteiger charge is 2.18. The van der Waals surface area contributed by atoms with E-state index in [1.54, 1.807) is 0 Å². The minimum Gasteiger partial charge on any atom is -0.482 e. The number of carbonyl (C=O) groups excluding carboxylic acids is 1. The first-order valence-electron chi connectivity index (χ1n) is 8.58. The number of carbonyl (C=O) groups is 1. The highest BCUT2D eigenvalue weighted by molar-refractivity contribution is 7.89. The molecule has 1 heterocycles. The Morgan fingerprint density at radius 1 is 1.42 bits per heavy atom. The van der Waals surface area contributed by atoms with Gasteiger partial charge >= 0.3 is 0 Å². The molecule has 9 heteroatoms. The van der Waals surface area contributed by atoms with Gasteiger partial charge in [-0.3, -0.25) is 4.79 Å². The van der Waals surface area contributed by atoms with E-state index in [0.717, 1.165) is 19.4 Å². The van der Waals surface area contributed by atoms with Gasteiger partial charge in [-0.15, -0.1) is 0 Å². The van der Waals surface area contributed by atoms with Crippen LogP contribution in [0.5, 0.6) is 5.75 Å². The quantitative estimate of drug-likeness (QED) is 0.656. The monoisotopic (exact) mass is 404 g/mol. The van der Waals surface area contributed by atoms with Gasteiger partial charge in [0.05, 0.1) is 16.0 Å². The summed E-state index contributed by atoms with van der Waals surface area (Å²) in [5.74, 6) is 0.157.